The number of hydrogen-bond donors (Lipinski definition) is 1. The molecular formula is C13H14FNOS. The first-order chi connectivity index (χ1) is 8.20. The molecule has 0 aliphatic rings. The first-order valence-electron chi connectivity index (χ1n) is 5.46. The topological polar surface area (TPSA) is 33.1 Å². The highest BCUT2D eigenvalue weighted by molar-refractivity contribution is 7.99. The third-order valence-corrected chi connectivity index (χ3v) is 3.72. The van der Waals surface area contributed by atoms with Crippen molar-refractivity contribution in [3.8, 4) is 0 Å². The third kappa shape index (κ3) is 2.96. The Labute approximate surface area is 104 Å². The Morgan fingerprint density at radius 2 is 2.29 bits per heavy atom. The van der Waals surface area contributed by atoms with Crippen molar-refractivity contribution in [1.82, 2.24) is 4.98 Å². The van der Waals surface area contributed by atoms with Crippen LogP contribution in [-0.2, 0) is 5.75 Å². The van der Waals surface area contributed by atoms with Crippen molar-refractivity contribution in [3.63, 3.8) is 0 Å². The van der Waals surface area contributed by atoms with E-state index >= 15 is 0 Å². The molecule has 1 aromatic heterocycles. The van der Waals surface area contributed by atoms with E-state index in [0.29, 0.717) is 5.75 Å². The predicted molar refractivity (Wildman–Crippen MR) is 69.5 cm³/mol. The first kappa shape index (κ1) is 12.3. The highest BCUT2D eigenvalue weighted by atomic mass is 32.2. The van der Waals surface area contributed by atoms with Crippen molar-refractivity contribution in [2.45, 2.75) is 17.9 Å². The van der Waals surface area contributed by atoms with Crippen molar-refractivity contribution >= 4 is 22.7 Å². The summed E-state index contributed by atoms with van der Waals surface area (Å²) in [4.78, 5) is 4.28. The van der Waals surface area contributed by atoms with Gasteiger partial charge < -0.3 is 5.11 Å². The minimum Gasteiger partial charge on any atom is -0.395 e. The lowest BCUT2D eigenvalue weighted by molar-refractivity contribution is 0.300. The van der Waals surface area contributed by atoms with E-state index in [1.54, 1.807) is 24.0 Å². The number of halogens is 1. The molecule has 4 heteroatoms. The first-order valence-corrected chi connectivity index (χ1v) is 6.51. The molecule has 1 unspecified atom stereocenters. The highest BCUT2D eigenvalue weighted by Gasteiger charge is 2.07. The van der Waals surface area contributed by atoms with Crippen LogP contribution in [0.4, 0.5) is 4.39 Å². The van der Waals surface area contributed by atoms with Gasteiger partial charge in [0.2, 0.25) is 0 Å². The summed E-state index contributed by atoms with van der Waals surface area (Å²) < 4.78 is 13.4. The zero-order valence-corrected chi connectivity index (χ0v) is 10.4. The monoisotopic (exact) mass is 251 g/mol. The van der Waals surface area contributed by atoms with Gasteiger partial charge in [-0.25, -0.2) is 4.39 Å². The second-order valence-electron chi connectivity index (χ2n) is 3.94. The molecule has 0 saturated carbocycles. The summed E-state index contributed by atoms with van der Waals surface area (Å²) in [6.45, 7) is 2.07. The van der Waals surface area contributed by atoms with Crippen molar-refractivity contribution in [2.75, 3.05) is 6.61 Å². The second kappa shape index (κ2) is 5.47. The molecule has 2 aromatic rings. The van der Waals surface area contributed by atoms with Gasteiger partial charge in [0.1, 0.15) is 5.82 Å². The largest absolute Gasteiger partial charge is 0.395 e. The van der Waals surface area contributed by atoms with Crippen LogP contribution in [0.15, 0.2) is 30.5 Å². The number of nitrogens with zero attached hydrogens (tertiary/aromatic N) is 1. The quantitative estimate of drug-likeness (QED) is 0.906. The van der Waals surface area contributed by atoms with E-state index in [4.69, 9.17) is 5.11 Å². The summed E-state index contributed by atoms with van der Waals surface area (Å²) in [5, 5.41) is 9.94. The standard InChI is InChI=1S/C13H14FNOS/c1-9(7-16)17-8-11-6-12(14)5-10-3-2-4-15-13(10)11/h2-6,9,16H,7-8H2,1H3. The molecule has 1 aromatic carbocycles. The van der Waals surface area contributed by atoms with E-state index in [-0.39, 0.29) is 17.7 Å². The van der Waals surface area contributed by atoms with Crippen LogP contribution in [0.5, 0.6) is 0 Å². The van der Waals surface area contributed by atoms with Crippen LogP contribution in [0.2, 0.25) is 0 Å². The molecule has 0 aliphatic heterocycles. The average Bonchev–Trinajstić information content (AvgIpc) is 2.35. The van der Waals surface area contributed by atoms with Crippen LogP contribution in [0.3, 0.4) is 0 Å². The molecule has 1 atom stereocenters. The lowest BCUT2D eigenvalue weighted by Crippen LogP contribution is -2.02. The van der Waals surface area contributed by atoms with Crippen molar-refractivity contribution in [3.05, 3.63) is 41.8 Å². The van der Waals surface area contributed by atoms with Gasteiger partial charge >= 0.3 is 0 Å². The van der Waals surface area contributed by atoms with Gasteiger partial charge in [-0.3, -0.25) is 4.98 Å². The Balaban J connectivity index is 2.32. The van der Waals surface area contributed by atoms with Crippen molar-refractivity contribution in [1.29, 1.82) is 0 Å². The van der Waals surface area contributed by atoms with Crippen LogP contribution in [-0.4, -0.2) is 21.9 Å². The fraction of sp³-hybridized carbons (Fsp3) is 0.308. The smallest absolute Gasteiger partial charge is 0.124 e. The van der Waals surface area contributed by atoms with Crippen LogP contribution < -0.4 is 0 Å². The van der Waals surface area contributed by atoms with Crippen molar-refractivity contribution < 1.29 is 9.50 Å². The van der Waals surface area contributed by atoms with Gasteiger partial charge in [-0.15, -0.1) is 0 Å². The fourth-order valence-electron chi connectivity index (χ4n) is 1.62. The molecule has 0 saturated heterocycles. The van der Waals surface area contributed by atoms with Gasteiger partial charge in [-0.2, -0.15) is 11.8 Å². The summed E-state index contributed by atoms with van der Waals surface area (Å²) in [5.74, 6) is 0.422. The summed E-state index contributed by atoms with van der Waals surface area (Å²) in [5.41, 5.74) is 1.72. The maximum absolute atomic E-state index is 13.4. The summed E-state index contributed by atoms with van der Waals surface area (Å²) in [6, 6.07) is 6.67. The van der Waals surface area contributed by atoms with E-state index < -0.39 is 0 Å². The van der Waals surface area contributed by atoms with Crippen LogP contribution in [0, 0.1) is 5.82 Å². The zero-order chi connectivity index (χ0) is 12.3. The maximum Gasteiger partial charge on any atom is 0.124 e. The lowest BCUT2D eigenvalue weighted by atomic mass is 10.1. The number of benzene rings is 1. The number of thioether (sulfide) groups is 1. The molecule has 0 spiro atoms. The summed E-state index contributed by atoms with van der Waals surface area (Å²) in [6.07, 6.45) is 1.71. The molecule has 90 valence electrons. The molecule has 1 heterocycles. The Morgan fingerprint density at radius 3 is 3.06 bits per heavy atom. The fourth-order valence-corrected chi connectivity index (χ4v) is 2.41. The maximum atomic E-state index is 13.4. The van der Waals surface area contributed by atoms with Crippen LogP contribution in [0.1, 0.15) is 12.5 Å². The number of hydrogen-bond acceptors (Lipinski definition) is 3. The van der Waals surface area contributed by atoms with E-state index in [1.165, 1.54) is 12.1 Å². The number of aliphatic hydroxyl groups excluding tert-OH is 1. The normalized spacial score (nSPS) is 12.9. The molecule has 0 amide bonds. The highest BCUT2D eigenvalue weighted by Crippen LogP contribution is 2.24. The zero-order valence-electron chi connectivity index (χ0n) is 9.56. The number of fused-ring (bicyclic) bond motifs is 1. The Morgan fingerprint density at radius 1 is 1.47 bits per heavy atom. The minimum atomic E-state index is -0.238. The number of pyridine rings is 1. The molecule has 2 nitrogen and oxygen atoms in total. The van der Waals surface area contributed by atoms with Gasteiger partial charge in [0, 0.05) is 22.6 Å². The summed E-state index contributed by atoms with van der Waals surface area (Å²) >= 11 is 1.60. The predicted octanol–water partition coefficient (Wildman–Crippen LogP) is 2.99. The SMILES string of the molecule is CC(CO)SCc1cc(F)cc2cccnc12. The van der Waals surface area contributed by atoms with Crippen molar-refractivity contribution in [2.24, 2.45) is 0 Å². The van der Waals surface area contributed by atoms with Crippen LogP contribution in [0.25, 0.3) is 10.9 Å². The van der Waals surface area contributed by atoms with E-state index in [1.807, 2.05) is 13.0 Å². The van der Waals surface area contributed by atoms with Crippen LogP contribution >= 0.6 is 11.8 Å². The lowest BCUT2D eigenvalue weighted by Gasteiger charge is -2.09. The molecule has 0 aliphatic carbocycles. The Kier molecular flexibility index (Phi) is 3.97. The third-order valence-electron chi connectivity index (χ3n) is 2.53. The van der Waals surface area contributed by atoms with E-state index in [9.17, 15) is 4.39 Å². The molecule has 2 rings (SSSR count). The van der Waals surface area contributed by atoms with Gasteiger partial charge in [0.05, 0.1) is 12.1 Å². The number of aromatic nitrogens is 1. The van der Waals surface area contributed by atoms with Gasteiger partial charge in [-0.05, 0) is 23.8 Å². The Bertz CT molecular complexity index is 518. The molecular weight excluding hydrogens is 237 g/mol. The number of rotatable bonds is 4. The summed E-state index contributed by atoms with van der Waals surface area (Å²) in [7, 11) is 0. The average molecular weight is 251 g/mol. The second-order valence-corrected chi connectivity index (χ2v) is 5.37. The van der Waals surface area contributed by atoms with Gasteiger partial charge in [-0.1, -0.05) is 13.0 Å². The Hall–Kier alpha value is -1.13. The van der Waals surface area contributed by atoms with E-state index in [0.717, 1.165) is 16.5 Å². The minimum absolute atomic E-state index is 0.130. The van der Waals surface area contributed by atoms with Gasteiger partial charge in [0.25, 0.3) is 0 Å². The molecule has 0 bridgehead atoms. The molecule has 1 N–H and O–H groups in total. The molecule has 17 heavy (non-hydrogen) atoms. The molecule has 0 fully saturated rings. The van der Waals surface area contributed by atoms with Gasteiger partial charge in [0.15, 0.2) is 0 Å². The van der Waals surface area contributed by atoms with E-state index in [2.05, 4.69) is 4.98 Å². The number of aliphatic hydroxyl groups is 1. The molecule has 0 radical (unpaired) electrons.